The number of thiophene rings is 1. The molecule has 0 bridgehead atoms. The van der Waals surface area contributed by atoms with E-state index in [1.807, 2.05) is 24.3 Å². The molecule has 3 aromatic rings. The number of nitrogens with zero attached hydrogens (tertiary/aromatic N) is 1. The molecule has 31 heavy (non-hydrogen) atoms. The van der Waals surface area contributed by atoms with Gasteiger partial charge in [-0.05, 0) is 48.1 Å². The Bertz CT molecular complexity index is 1120. The lowest BCUT2D eigenvalue weighted by atomic mass is 10.1. The number of ether oxygens (including phenoxy) is 1. The van der Waals surface area contributed by atoms with E-state index < -0.39 is 28.3 Å². The Hall–Kier alpha value is -2.91. The number of para-hydroxylation sites is 2. The number of rotatable bonds is 10. The largest absolute Gasteiger partial charge is 0.496 e. The van der Waals surface area contributed by atoms with Crippen molar-refractivity contribution in [3.8, 4) is 5.75 Å². The maximum atomic E-state index is 14.4. The second-order valence-electron chi connectivity index (χ2n) is 6.66. The van der Waals surface area contributed by atoms with Crippen molar-refractivity contribution in [3.63, 3.8) is 0 Å². The average Bonchev–Trinajstić information content (AvgIpc) is 3.32. The molecule has 1 aromatic heterocycles. The van der Waals surface area contributed by atoms with Gasteiger partial charge in [0.25, 0.3) is 10.0 Å². The normalized spacial score (nSPS) is 11.2. The Morgan fingerprint density at radius 1 is 1.10 bits per heavy atom. The lowest BCUT2D eigenvalue weighted by Crippen LogP contribution is -2.41. The van der Waals surface area contributed by atoms with E-state index in [2.05, 4.69) is 5.32 Å². The van der Waals surface area contributed by atoms with Gasteiger partial charge in [-0.15, -0.1) is 11.3 Å². The number of amides is 1. The first-order valence-electron chi connectivity index (χ1n) is 9.63. The van der Waals surface area contributed by atoms with Crippen LogP contribution in [-0.4, -0.2) is 34.5 Å². The van der Waals surface area contributed by atoms with E-state index in [1.165, 1.54) is 24.3 Å². The molecule has 0 saturated heterocycles. The molecule has 0 fully saturated rings. The standard InChI is InChI=1S/C22H23FN2O4S2/c1-29-20-12-5-2-8-17(20)9-6-14-24-21(26)16-25(19-11-4-3-10-18(19)23)31(27,28)22-13-7-15-30-22/h2-5,7-8,10-13,15H,6,9,14,16H2,1H3,(H,24,26). The Morgan fingerprint density at radius 3 is 2.55 bits per heavy atom. The third-order valence-electron chi connectivity index (χ3n) is 4.59. The number of aryl methyl sites for hydroxylation is 1. The van der Waals surface area contributed by atoms with Gasteiger partial charge in [-0.25, -0.2) is 12.8 Å². The molecular formula is C22H23FN2O4S2. The summed E-state index contributed by atoms with van der Waals surface area (Å²) in [5.74, 6) is -0.448. The number of hydrogen-bond donors (Lipinski definition) is 1. The van der Waals surface area contributed by atoms with Crippen molar-refractivity contribution >= 4 is 33.0 Å². The van der Waals surface area contributed by atoms with Crippen molar-refractivity contribution in [2.45, 2.75) is 17.1 Å². The minimum absolute atomic E-state index is 0.0414. The van der Waals surface area contributed by atoms with Gasteiger partial charge < -0.3 is 10.1 Å². The molecule has 0 unspecified atom stereocenters. The molecule has 0 aliphatic rings. The van der Waals surface area contributed by atoms with Crippen LogP contribution in [0.25, 0.3) is 0 Å². The number of anilines is 1. The predicted octanol–water partition coefficient (Wildman–Crippen LogP) is 3.84. The lowest BCUT2D eigenvalue weighted by molar-refractivity contribution is -0.119. The molecular weight excluding hydrogens is 439 g/mol. The highest BCUT2D eigenvalue weighted by atomic mass is 32.2. The summed E-state index contributed by atoms with van der Waals surface area (Å²) in [6.45, 7) is -0.170. The summed E-state index contributed by atoms with van der Waals surface area (Å²) in [5.41, 5.74) is 0.854. The molecule has 0 radical (unpaired) electrons. The van der Waals surface area contributed by atoms with Gasteiger partial charge in [0.1, 0.15) is 22.3 Å². The van der Waals surface area contributed by atoms with Crippen molar-refractivity contribution in [2.24, 2.45) is 0 Å². The summed E-state index contributed by atoms with van der Waals surface area (Å²) >= 11 is 1.01. The van der Waals surface area contributed by atoms with Gasteiger partial charge in [-0.1, -0.05) is 36.4 Å². The summed E-state index contributed by atoms with van der Waals surface area (Å²) < 4.78 is 46.6. The highest BCUT2D eigenvalue weighted by Gasteiger charge is 2.29. The third-order valence-corrected chi connectivity index (χ3v) is 7.72. The van der Waals surface area contributed by atoms with E-state index in [1.54, 1.807) is 18.6 Å². The van der Waals surface area contributed by atoms with Gasteiger partial charge in [-0.3, -0.25) is 9.10 Å². The molecule has 1 amide bonds. The first-order chi connectivity index (χ1) is 14.9. The number of carbonyl (C=O) groups excluding carboxylic acids is 1. The molecule has 164 valence electrons. The fraction of sp³-hybridized carbons (Fsp3) is 0.227. The minimum atomic E-state index is -4.08. The fourth-order valence-corrected chi connectivity index (χ4v) is 5.61. The van der Waals surface area contributed by atoms with Crippen LogP contribution in [-0.2, 0) is 21.2 Å². The lowest BCUT2D eigenvalue weighted by Gasteiger charge is -2.23. The van der Waals surface area contributed by atoms with Crippen molar-refractivity contribution in [1.29, 1.82) is 0 Å². The summed E-state index contributed by atoms with van der Waals surface area (Å²) in [6, 6.07) is 16.1. The Balaban J connectivity index is 1.67. The summed E-state index contributed by atoms with van der Waals surface area (Å²) in [6.07, 6.45) is 1.33. The van der Waals surface area contributed by atoms with Crippen LogP contribution in [0.5, 0.6) is 5.75 Å². The van der Waals surface area contributed by atoms with Crippen LogP contribution in [0, 0.1) is 5.82 Å². The molecule has 0 aliphatic heterocycles. The van der Waals surface area contributed by atoms with E-state index in [9.17, 15) is 17.6 Å². The average molecular weight is 463 g/mol. The van der Waals surface area contributed by atoms with E-state index in [0.717, 1.165) is 33.0 Å². The van der Waals surface area contributed by atoms with Crippen molar-refractivity contribution in [2.75, 3.05) is 24.5 Å². The minimum Gasteiger partial charge on any atom is -0.496 e. The van der Waals surface area contributed by atoms with Crippen LogP contribution >= 0.6 is 11.3 Å². The van der Waals surface area contributed by atoms with Crippen molar-refractivity contribution < 1.29 is 22.3 Å². The van der Waals surface area contributed by atoms with Crippen molar-refractivity contribution in [1.82, 2.24) is 5.32 Å². The summed E-state index contributed by atoms with van der Waals surface area (Å²) in [5, 5.41) is 4.34. The Kier molecular flexibility index (Phi) is 7.64. The highest BCUT2D eigenvalue weighted by Crippen LogP contribution is 2.28. The van der Waals surface area contributed by atoms with E-state index in [0.29, 0.717) is 19.4 Å². The second-order valence-corrected chi connectivity index (χ2v) is 9.70. The molecule has 6 nitrogen and oxygen atoms in total. The first-order valence-corrected chi connectivity index (χ1v) is 11.9. The maximum Gasteiger partial charge on any atom is 0.274 e. The van der Waals surface area contributed by atoms with Crippen LogP contribution < -0.4 is 14.4 Å². The molecule has 3 rings (SSSR count). The predicted molar refractivity (Wildman–Crippen MR) is 120 cm³/mol. The Labute approximate surface area is 185 Å². The number of methoxy groups -OCH3 is 1. The Morgan fingerprint density at radius 2 is 1.84 bits per heavy atom. The molecule has 9 heteroatoms. The van der Waals surface area contributed by atoms with Gasteiger partial charge in [0.15, 0.2) is 0 Å². The van der Waals surface area contributed by atoms with Gasteiger partial charge in [-0.2, -0.15) is 0 Å². The smallest absolute Gasteiger partial charge is 0.274 e. The highest BCUT2D eigenvalue weighted by molar-refractivity contribution is 7.94. The van der Waals surface area contributed by atoms with E-state index >= 15 is 0 Å². The number of benzene rings is 2. The van der Waals surface area contributed by atoms with E-state index in [4.69, 9.17) is 4.74 Å². The SMILES string of the molecule is COc1ccccc1CCCNC(=O)CN(c1ccccc1F)S(=O)(=O)c1cccs1. The van der Waals surface area contributed by atoms with Crippen LogP contribution in [0.4, 0.5) is 10.1 Å². The van der Waals surface area contributed by atoms with Crippen LogP contribution in [0.2, 0.25) is 0 Å². The van der Waals surface area contributed by atoms with Gasteiger partial charge in [0.2, 0.25) is 5.91 Å². The van der Waals surface area contributed by atoms with Crippen LogP contribution in [0.3, 0.4) is 0 Å². The molecule has 1 heterocycles. The van der Waals surface area contributed by atoms with Gasteiger partial charge in [0, 0.05) is 6.54 Å². The maximum absolute atomic E-state index is 14.4. The van der Waals surface area contributed by atoms with Crippen LogP contribution in [0.1, 0.15) is 12.0 Å². The summed E-state index contributed by atoms with van der Waals surface area (Å²) in [4.78, 5) is 12.5. The monoisotopic (exact) mass is 462 g/mol. The molecule has 0 aliphatic carbocycles. The number of sulfonamides is 1. The number of nitrogens with one attached hydrogen (secondary N) is 1. The molecule has 1 N–H and O–H groups in total. The number of hydrogen-bond acceptors (Lipinski definition) is 5. The van der Waals surface area contributed by atoms with Crippen LogP contribution in [0.15, 0.2) is 70.3 Å². The molecule has 0 atom stereocenters. The molecule has 0 spiro atoms. The summed E-state index contributed by atoms with van der Waals surface area (Å²) in [7, 11) is -2.47. The fourth-order valence-electron chi connectivity index (χ4n) is 3.07. The zero-order valence-corrected chi connectivity index (χ0v) is 18.6. The zero-order valence-electron chi connectivity index (χ0n) is 17.0. The molecule has 2 aromatic carbocycles. The second kappa shape index (κ2) is 10.4. The first kappa shape index (κ1) is 22.8. The topological polar surface area (TPSA) is 75.7 Å². The molecule has 0 saturated carbocycles. The van der Waals surface area contributed by atoms with Gasteiger partial charge in [0.05, 0.1) is 12.8 Å². The quantitative estimate of drug-likeness (QED) is 0.465. The third kappa shape index (κ3) is 5.62. The van der Waals surface area contributed by atoms with Crippen molar-refractivity contribution in [3.05, 3.63) is 77.4 Å². The van der Waals surface area contributed by atoms with E-state index in [-0.39, 0.29) is 9.90 Å². The number of carbonyl (C=O) groups is 1. The van der Waals surface area contributed by atoms with Gasteiger partial charge >= 0.3 is 0 Å². The zero-order chi connectivity index (χ0) is 22.3. The number of halogens is 1.